The van der Waals surface area contributed by atoms with Crippen molar-refractivity contribution in [3.05, 3.63) is 69.6 Å². The Morgan fingerprint density at radius 3 is 2.64 bits per heavy atom. The van der Waals surface area contributed by atoms with E-state index in [0.29, 0.717) is 12.3 Å². The number of carbonyl (C=O) groups is 1. The summed E-state index contributed by atoms with van der Waals surface area (Å²) in [5.41, 5.74) is -1.28. The van der Waals surface area contributed by atoms with Crippen LogP contribution >= 0.6 is 0 Å². The minimum atomic E-state index is -4.58. The molecule has 0 unspecified atom stereocenters. The van der Waals surface area contributed by atoms with E-state index in [-0.39, 0.29) is 18.7 Å². The summed E-state index contributed by atoms with van der Waals surface area (Å²) in [5.74, 6) is 4.69. The highest BCUT2D eigenvalue weighted by atomic mass is 19.4. The molecule has 0 aliphatic rings. The minimum absolute atomic E-state index is 0.0768. The monoisotopic (exact) mass is 350 g/mol. The third-order valence-electron chi connectivity index (χ3n) is 2.99. The number of hydrogen-bond donors (Lipinski definition) is 2. The van der Waals surface area contributed by atoms with Crippen LogP contribution < -0.4 is 10.9 Å². The Kier molecular flexibility index (Phi) is 5.84. The summed E-state index contributed by atoms with van der Waals surface area (Å²) in [6, 6.07) is 9.65. The fourth-order valence-corrected chi connectivity index (χ4v) is 1.77. The maximum absolute atomic E-state index is 12.6. The van der Waals surface area contributed by atoms with Crippen molar-refractivity contribution < 1.29 is 22.7 Å². The van der Waals surface area contributed by atoms with Gasteiger partial charge < -0.3 is 15.0 Å². The van der Waals surface area contributed by atoms with Crippen LogP contribution in [0.15, 0.2) is 47.4 Å². The molecule has 0 aliphatic carbocycles. The van der Waals surface area contributed by atoms with Crippen LogP contribution in [0.3, 0.4) is 0 Å². The number of alkyl halides is 3. The number of aromatic amines is 1. The van der Waals surface area contributed by atoms with Crippen molar-refractivity contribution in [1.29, 1.82) is 0 Å². The van der Waals surface area contributed by atoms with E-state index >= 15 is 0 Å². The maximum atomic E-state index is 12.6. The molecule has 2 rings (SSSR count). The van der Waals surface area contributed by atoms with Crippen molar-refractivity contribution in [2.24, 2.45) is 0 Å². The van der Waals surface area contributed by atoms with Crippen LogP contribution in [-0.4, -0.2) is 17.6 Å². The number of pyridine rings is 1. The predicted molar refractivity (Wildman–Crippen MR) is 83.6 cm³/mol. The summed E-state index contributed by atoms with van der Waals surface area (Å²) in [7, 11) is 0. The van der Waals surface area contributed by atoms with Crippen molar-refractivity contribution in [1.82, 2.24) is 10.3 Å². The van der Waals surface area contributed by atoms with Gasteiger partial charge in [0, 0.05) is 6.20 Å². The van der Waals surface area contributed by atoms with Crippen molar-refractivity contribution in [3.63, 3.8) is 0 Å². The van der Waals surface area contributed by atoms with Gasteiger partial charge in [-0.1, -0.05) is 42.2 Å². The zero-order valence-electron chi connectivity index (χ0n) is 12.8. The summed E-state index contributed by atoms with van der Waals surface area (Å²) in [6.07, 6.45) is -4.73. The number of alkyl carbamates (subject to hydrolysis) is 1. The molecule has 0 spiro atoms. The molecule has 5 nitrogen and oxygen atoms in total. The quantitative estimate of drug-likeness (QED) is 0.836. The molecule has 8 heteroatoms. The number of H-pyrrole nitrogens is 1. The number of benzene rings is 1. The van der Waals surface area contributed by atoms with Crippen molar-refractivity contribution in [2.75, 3.05) is 6.54 Å². The molecule has 0 saturated heterocycles. The zero-order chi connectivity index (χ0) is 18.3. The lowest BCUT2D eigenvalue weighted by atomic mass is 10.2. The lowest BCUT2D eigenvalue weighted by molar-refractivity contribution is -0.137. The number of hydrogen-bond acceptors (Lipinski definition) is 3. The van der Waals surface area contributed by atoms with E-state index in [9.17, 15) is 22.8 Å². The summed E-state index contributed by atoms with van der Waals surface area (Å²) < 4.78 is 42.7. The van der Waals surface area contributed by atoms with Gasteiger partial charge in [0.1, 0.15) is 6.61 Å². The Bertz CT molecular complexity index is 849. The number of halogens is 3. The first kappa shape index (κ1) is 18.1. The van der Waals surface area contributed by atoms with Gasteiger partial charge in [-0.05, 0) is 11.6 Å². The minimum Gasteiger partial charge on any atom is -0.445 e. The van der Waals surface area contributed by atoms with Gasteiger partial charge in [-0.2, -0.15) is 13.2 Å². The first-order valence-corrected chi connectivity index (χ1v) is 7.09. The van der Waals surface area contributed by atoms with Crippen LogP contribution in [0.2, 0.25) is 0 Å². The van der Waals surface area contributed by atoms with E-state index < -0.39 is 23.4 Å². The third-order valence-corrected chi connectivity index (χ3v) is 2.99. The number of rotatable bonds is 3. The molecule has 0 aliphatic heterocycles. The molecule has 130 valence electrons. The molecule has 2 N–H and O–H groups in total. The Hall–Kier alpha value is -3.21. The molecule has 1 aromatic heterocycles. The lowest BCUT2D eigenvalue weighted by Gasteiger charge is -2.05. The van der Waals surface area contributed by atoms with E-state index in [2.05, 4.69) is 17.2 Å². The average molecular weight is 350 g/mol. The molecule has 0 atom stereocenters. The Morgan fingerprint density at radius 1 is 1.24 bits per heavy atom. The molecule has 0 fully saturated rings. The molecule has 0 bridgehead atoms. The topological polar surface area (TPSA) is 71.2 Å². The van der Waals surface area contributed by atoms with Crippen molar-refractivity contribution in [2.45, 2.75) is 12.8 Å². The van der Waals surface area contributed by atoms with Gasteiger partial charge in [-0.15, -0.1) is 0 Å². The fraction of sp³-hybridized carbons (Fsp3) is 0.176. The average Bonchev–Trinajstić information content (AvgIpc) is 2.58. The maximum Gasteiger partial charge on any atom is 0.417 e. The summed E-state index contributed by atoms with van der Waals surface area (Å²) in [6.45, 7) is -0.100. The van der Waals surface area contributed by atoms with Gasteiger partial charge in [0.05, 0.1) is 17.7 Å². The van der Waals surface area contributed by atoms with Gasteiger partial charge in [-0.3, -0.25) is 4.79 Å². The zero-order valence-corrected chi connectivity index (χ0v) is 12.8. The first-order valence-electron chi connectivity index (χ1n) is 7.09. The largest absolute Gasteiger partial charge is 0.445 e. The molecule has 25 heavy (non-hydrogen) atoms. The number of aromatic nitrogens is 1. The van der Waals surface area contributed by atoms with E-state index in [1.807, 2.05) is 11.1 Å². The smallest absolute Gasteiger partial charge is 0.417 e. The van der Waals surface area contributed by atoms with E-state index in [4.69, 9.17) is 4.74 Å². The second-order valence-electron chi connectivity index (χ2n) is 4.85. The molecule has 1 heterocycles. The molecule has 0 saturated carbocycles. The second kappa shape index (κ2) is 8.06. The number of carbonyl (C=O) groups excluding carboxylic acids is 1. The first-order chi connectivity index (χ1) is 11.9. The van der Waals surface area contributed by atoms with Crippen LogP contribution in [-0.2, 0) is 17.5 Å². The molecule has 1 aromatic carbocycles. The van der Waals surface area contributed by atoms with Crippen LogP contribution in [0, 0.1) is 11.8 Å². The van der Waals surface area contributed by atoms with Gasteiger partial charge in [0.25, 0.3) is 5.56 Å². The highest BCUT2D eigenvalue weighted by Crippen LogP contribution is 2.28. The molecular weight excluding hydrogens is 337 g/mol. The van der Waals surface area contributed by atoms with Crippen molar-refractivity contribution in [3.8, 4) is 11.8 Å². The molecule has 1 amide bonds. The highest BCUT2D eigenvalue weighted by molar-refractivity contribution is 5.67. The summed E-state index contributed by atoms with van der Waals surface area (Å²) >= 11 is 0. The number of ether oxygens (including phenoxy) is 1. The van der Waals surface area contributed by atoms with Crippen LogP contribution in [0.4, 0.5) is 18.0 Å². The standard InChI is InChI=1S/C17H13F3N2O3/c18-17(19,20)14-9-13(15(23)22-10-14)7-4-8-21-16(24)25-11-12-5-2-1-3-6-12/h1-3,5-6,9-10H,8,11H2,(H,21,24)(H,22,23). The SMILES string of the molecule is O=C(NCC#Cc1cc(C(F)(F)F)c[nH]c1=O)OCc1ccccc1. The van der Waals surface area contributed by atoms with Gasteiger partial charge in [0.2, 0.25) is 0 Å². The van der Waals surface area contributed by atoms with Crippen LogP contribution in [0.1, 0.15) is 16.7 Å². The normalized spacial score (nSPS) is 10.5. The predicted octanol–water partition coefficient (Wildman–Crippen LogP) is 2.67. The van der Waals surface area contributed by atoms with E-state index in [1.54, 1.807) is 24.3 Å². The van der Waals surface area contributed by atoms with Gasteiger partial charge in [-0.25, -0.2) is 4.79 Å². The Morgan fingerprint density at radius 2 is 1.96 bits per heavy atom. The molecule has 2 aromatic rings. The molecule has 0 radical (unpaired) electrons. The third kappa shape index (κ3) is 5.73. The Balaban J connectivity index is 1.88. The second-order valence-corrected chi connectivity index (χ2v) is 4.85. The van der Waals surface area contributed by atoms with Crippen LogP contribution in [0.5, 0.6) is 0 Å². The van der Waals surface area contributed by atoms with E-state index in [0.717, 1.165) is 5.56 Å². The fourth-order valence-electron chi connectivity index (χ4n) is 1.77. The summed E-state index contributed by atoms with van der Waals surface area (Å²) in [5, 5.41) is 2.32. The molecular formula is C17H13F3N2O3. The van der Waals surface area contributed by atoms with Crippen molar-refractivity contribution >= 4 is 6.09 Å². The van der Waals surface area contributed by atoms with Gasteiger partial charge >= 0.3 is 12.3 Å². The summed E-state index contributed by atoms with van der Waals surface area (Å²) in [4.78, 5) is 24.9. The lowest BCUT2D eigenvalue weighted by Crippen LogP contribution is -2.24. The van der Waals surface area contributed by atoms with Gasteiger partial charge in [0.15, 0.2) is 0 Å². The van der Waals surface area contributed by atoms with E-state index in [1.165, 1.54) is 0 Å². The number of nitrogens with one attached hydrogen (secondary N) is 2. The number of amides is 1. The Labute approximate surface area is 140 Å². The highest BCUT2D eigenvalue weighted by Gasteiger charge is 2.31. The van der Waals surface area contributed by atoms with Crippen LogP contribution in [0.25, 0.3) is 0 Å².